The zero-order chi connectivity index (χ0) is 16.3. The summed E-state index contributed by atoms with van der Waals surface area (Å²) in [5.74, 6) is 1.14. The normalized spacial score (nSPS) is 18.3. The molecule has 0 bridgehead atoms. The molecule has 7 nitrogen and oxygen atoms in total. The number of thiophene rings is 1. The van der Waals surface area contributed by atoms with Crippen LogP contribution in [0.3, 0.4) is 0 Å². The second kappa shape index (κ2) is 6.81. The van der Waals surface area contributed by atoms with E-state index in [-0.39, 0.29) is 6.04 Å². The highest BCUT2D eigenvalue weighted by Crippen LogP contribution is 2.27. The van der Waals surface area contributed by atoms with Crippen molar-refractivity contribution in [3.63, 3.8) is 0 Å². The highest BCUT2D eigenvalue weighted by Gasteiger charge is 2.30. The molecule has 3 rings (SSSR count). The number of nitrogens with zero attached hydrogens (tertiary/aromatic N) is 3. The van der Waals surface area contributed by atoms with Gasteiger partial charge in [0.25, 0.3) is 5.88 Å². The van der Waals surface area contributed by atoms with Crippen LogP contribution in [0.4, 0.5) is 5.82 Å². The van der Waals surface area contributed by atoms with Crippen molar-refractivity contribution in [1.82, 2.24) is 14.7 Å². The molecular weight excluding hydrogens is 336 g/mol. The molecule has 1 aliphatic rings. The van der Waals surface area contributed by atoms with E-state index < -0.39 is 10.0 Å². The number of hydrogen-bond acceptors (Lipinski definition) is 7. The maximum Gasteiger partial charge on any atom is 0.257 e. The van der Waals surface area contributed by atoms with Crippen LogP contribution in [0.2, 0.25) is 0 Å². The van der Waals surface area contributed by atoms with Gasteiger partial charge in [-0.2, -0.15) is 0 Å². The third-order valence-electron chi connectivity index (χ3n) is 3.50. The number of aromatic nitrogens is 2. The highest BCUT2D eigenvalue weighted by molar-refractivity contribution is 7.91. The van der Waals surface area contributed by atoms with Gasteiger partial charge in [-0.1, -0.05) is 6.07 Å². The number of nitrogens with one attached hydrogen (secondary N) is 1. The van der Waals surface area contributed by atoms with Gasteiger partial charge in [-0.15, -0.1) is 11.3 Å². The van der Waals surface area contributed by atoms with Crippen LogP contribution < -0.4 is 14.4 Å². The fourth-order valence-corrected chi connectivity index (χ4v) is 4.79. The molecule has 2 aromatic rings. The van der Waals surface area contributed by atoms with Gasteiger partial charge in [0.15, 0.2) is 5.82 Å². The largest absolute Gasteiger partial charge is 0.475 e. The summed E-state index contributed by atoms with van der Waals surface area (Å²) in [5.41, 5.74) is 0. The molecule has 0 spiro atoms. The van der Waals surface area contributed by atoms with E-state index in [9.17, 15) is 8.42 Å². The van der Waals surface area contributed by atoms with Crippen molar-refractivity contribution in [3.05, 3.63) is 29.9 Å². The van der Waals surface area contributed by atoms with E-state index >= 15 is 0 Å². The minimum absolute atomic E-state index is 0.154. The Kier molecular flexibility index (Phi) is 4.79. The first-order valence-corrected chi connectivity index (χ1v) is 9.71. The molecule has 0 unspecified atom stereocenters. The molecule has 1 atom stereocenters. The average Bonchev–Trinajstić information content (AvgIpc) is 3.19. The monoisotopic (exact) mass is 354 g/mol. The SMILES string of the molecule is CCOc1nccnc1N1CC[C@H](NS(=O)(=O)c2cccs2)C1. The van der Waals surface area contributed by atoms with Gasteiger partial charge in [-0.05, 0) is 24.8 Å². The van der Waals surface area contributed by atoms with Crippen molar-refractivity contribution >= 4 is 27.2 Å². The molecule has 0 saturated carbocycles. The molecule has 124 valence electrons. The van der Waals surface area contributed by atoms with Crippen LogP contribution in [0.5, 0.6) is 5.88 Å². The Balaban J connectivity index is 1.70. The molecule has 9 heteroatoms. The summed E-state index contributed by atoms with van der Waals surface area (Å²) in [6, 6.07) is 3.18. The first-order chi connectivity index (χ1) is 11.1. The van der Waals surface area contributed by atoms with Gasteiger partial charge in [0.1, 0.15) is 4.21 Å². The lowest BCUT2D eigenvalue weighted by Crippen LogP contribution is -2.37. The van der Waals surface area contributed by atoms with Crippen molar-refractivity contribution in [1.29, 1.82) is 0 Å². The molecule has 0 radical (unpaired) electrons. The fourth-order valence-electron chi connectivity index (χ4n) is 2.52. The predicted molar refractivity (Wildman–Crippen MR) is 88.5 cm³/mol. The minimum Gasteiger partial charge on any atom is -0.475 e. The highest BCUT2D eigenvalue weighted by atomic mass is 32.2. The lowest BCUT2D eigenvalue weighted by atomic mass is 10.3. The summed E-state index contributed by atoms with van der Waals surface area (Å²) in [7, 11) is -3.45. The van der Waals surface area contributed by atoms with E-state index in [1.807, 2.05) is 11.8 Å². The Morgan fingerprint density at radius 3 is 3.00 bits per heavy atom. The number of sulfonamides is 1. The van der Waals surface area contributed by atoms with E-state index in [0.29, 0.717) is 42.0 Å². The van der Waals surface area contributed by atoms with Gasteiger partial charge in [0, 0.05) is 31.5 Å². The third kappa shape index (κ3) is 3.62. The Labute approximate surface area is 139 Å². The lowest BCUT2D eigenvalue weighted by Gasteiger charge is -2.19. The number of anilines is 1. The Morgan fingerprint density at radius 2 is 2.26 bits per heavy atom. The molecule has 0 aliphatic carbocycles. The standard InChI is InChI=1S/C14H18N4O3S2/c1-2-21-14-13(15-6-7-16-14)18-8-5-11(10-18)17-23(19,20)12-4-3-9-22-12/h3-4,6-7,9,11,17H,2,5,8,10H2,1H3/t11-/m0/s1. The van der Waals surface area contributed by atoms with E-state index in [1.165, 1.54) is 11.3 Å². The Morgan fingerprint density at radius 1 is 1.43 bits per heavy atom. The number of ether oxygens (including phenoxy) is 1. The zero-order valence-corrected chi connectivity index (χ0v) is 14.3. The lowest BCUT2D eigenvalue weighted by molar-refractivity contribution is 0.326. The van der Waals surface area contributed by atoms with E-state index in [4.69, 9.17) is 4.74 Å². The quantitative estimate of drug-likeness (QED) is 0.846. The molecule has 1 saturated heterocycles. The van der Waals surface area contributed by atoms with Crippen LogP contribution >= 0.6 is 11.3 Å². The Hall–Kier alpha value is -1.71. The van der Waals surface area contributed by atoms with Crippen LogP contribution in [0.25, 0.3) is 0 Å². The summed E-state index contributed by atoms with van der Waals surface area (Å²) >= 11 is 1.21. The topological polar surface area (TPSA) is 84.4 Å². The fraction of sp³-hybridized carbons (Fsp3) is 0.429. The van der Waals surface area contributed by atoms with Crippen LogP contribution in [0.1, 0.15) is 13.3 Å². The smallest absolute Gasteiger partial charge is 0.257 e. The van der Waals surface area contributed by atoms with E-state index in [1.54, 1.807) is 29.9 Å². The van der Waals surface area contributed by atoms with Crippen LogP contribution in [-0.2, 0) is 10.0 Å². The summed E-state index contributed by atoms with van der Waals surface area (Å²) in [5, 5.41) is 1.75. The maximum absolute atomic E-state index is 12.3. The molecule has 0 aromatic carbocycles. The number of rotatable bonds is 6. The summed E-state index contributed by atoms with van der Waals surface area (Å²) in [6.45, 7) is 3.65. The first-order valence-electron chi connectivity index (χ1n) is 7.34. The van der Waals surface area contributed by atoms with Crippen molar-refractivity contribution in [3.8, 4) is 5.88 Å². The minimum atomic E-state index is -3.45. The molecule has 0 amide bonds. The second-order valence-electron chi connectivity index (χ2n) is 5.10. The van der Waals surface area contributed by atoms with Crippen LogP contribution in [0, 0.1) is 0 Å². The van der Waals surface area contributed by atoms with E-state index in [0.717, 1.165) is 0 Å². The van der Waals surface area contributed by atoms with Gasteiger partial charge >= 0.3 is 0 Å². The van der Waals surface area contributed by atoms with Gasteiger partial charge in [-0.25, -0.2) is 23.1 Å². The number of hydrogen-bond donors (Lipinski definition) is 1. The molecule has 2 aromatic heterocycles. The average molecular weight is 354 g/mol. The van der Waals surface area contributed by atoms with Crippen molar-refractivity contribution in [2.24, 2.45) is 0 Å². The summed E-state index contributed by atoms with van der Waals surface area (Å²) < 4.78 is 33.2. The van der Waals surface area contributed by atoms with Gasteiger partial charge in [0.2, 0.25) is 10.0 Å². The van der Waals surface area contributed by atoms with Gasteiger partial charge in [0.05, 0.1) is 6.61 Å². The molecule has 1 fully saturated rings. The van der Waals surface area contributed by atoms with Crippen LogP contribution in [0.15, 0.2) is 34.1 Å². The molecule has 3 heterocycles. The maximum atomic E-state index is 12.3. The zero-order valence-electron chi connectivity index (χ0n) is 12.7. The summed E-state index contributed by atoms with van der Waals surface area (Å²) in [6.07, 6.45) is 3.91. The van der Waals surface area contributed by atoms with Gasteiger partial charge in [-0.3, -0.25) is 0 Å². The molecule has 1 aliphatic heterocycles. The molecule has 1 N–H and O–H groups in total. The van der Waals surface area contributed by atoms with E-state index in [2.05, 4.69) is 14.7 Å². The first kappa shape index (κ1) is 16.2. The molecule has 23 heavy (non-hydrogen) atoms. The summed E-state index contributed by atoms with van der Waals surface area (Å²) in [4.78, 5) is 10.5. The Bertz CT molecular complexity index is 749. The van der Waals surface area contributed by atoms with Crippen molar-refractivity contribution in [2.45, 2.75) is 23.6 Å². The van der Waals surface area contributed by atoms with Gasteiger partial charge < -0.3 is 9.64 Å². The third-order valence-corrected chi connectivity index (χ3v) is 6.42. The molecular formula is C14H18N4O3S2. The van der Waals surface area contributed by atoms with Crippen LogP contribution in [-0.4, -0.2) is 44.1 Å². The van der Waals surface area contributed by atoms with Crippen molar-refractivity contribution in [2.75, 3.05) is 24.6 Å². The second-order valence-corrected chi connectivity index (χ2v) is 7.99. The predicted octanol–water partition coefficient (Wildman–Crippen LogP) is 1.49. The van der Waals surface area contributed by atoms with Crippen molar-refractivity contribution < 1.29 is 13.2 Å².